The van der Waals surface area contributed by atoms with Crippen LogP contribution in [0.5, 0.6) is 0 Å². The van der Waals surface area contributed by atoms with Crippen LogP contribution in [-0.2, 0) is 14.2 Å². The second-order valence-electron chi connectivity index (χ2n) is 3.55. The first-order valence-corrected chi connectivity index (χ1v) is 5.23. The van der Waals surface area contributed by atoms with E-state index in [1.807, 2.05) is 0 Å². The van der Waals surface area contributed by atoms with E-state index in [4.69, 9.17) is 14.2 Å². The molecular formula is C10H21NO3. The lowest BCUT2D eigenvalue weighted by molar-refractivity contribution is -0.1000. The molecule has 1 fully saturated rings. The Morgan fingerprint density at radius 3 is 2.79 bits per heavy atom. The summed E-state index contributed by atoms with van der Waals surface area (Å²) in [5.41, 5.74) is 0. The van der Waals surface area contributed by atoms with Crippen molar-refractivity contribution in [2.75, 3.05) is 34.0 Å². The molecule has 0 bridgehead atoms. The molecule has 0 aromatic rings. The molecule has 84 valence electrons. The maximum Gasteiger partial charge on any atom is 0.169 e. The van der Waals surface area contributed by atoms with E-state index in [0.717, 1.165) is 32.6 Å². The molecule has 0 aromatic heterocycles. The molecule has 1 rings (SSSR count). The minimum Gasteiger partial charge on any atom is -0.381 e. The minimum absolute atomic E-state index is 0.140. The smallest absolute Gasteiger partial charge is 0.169 e. The molecule has 1 aliphatic rings. The average Bonchev–Trinajstić information content (AvgIpc) is 2.48. The Morgan fingerprint density at radius 1 is 1.29 bits per heavy atom. The summed E-state index contributed by atoms with van der Waals surface area (Å²) in [6, 6.07) is 0.547. The van der Waals surface area contributed by atoms with Crippen molar-refractivity contribution in [1.29, 1.82) is 0 Å². The van der Waals surface area contributed by atoms with Crippen LogP contribution in [0.2, 0.25) is 0 Å². The Hall–Kier alpha value is -0.160. The van der Waals surface area contributed by atoms with Crippen molar-refractivity contribution in [2.24, 2.45) is 0 Å². The molecule has 1 N–H and O–H groups in total. The van der Waals surface area contributed by atoms with Gasteiger partial charge in [-0.15, -0.1) is 0 Å². The molecule has 4 heteroatoms. The predicted molar refractivity (Wildman–Crippen MR) is 54.3 cm³/mol. The van der Waals surface area contributed by atoms with E-state index in [9.17, 15) is 0 Å². The largest absolute Gasteiger partial charge is 0.381 e. The third-order valence-electron chi connectivity index (χ3n) is 2.55. The van der Waals surface area contributed by atoms with Crippen molar-refractivity contribution in [1.82, 2.24) is 5.32 Å². The second kappa shape index (κ2) is 7.17. The zero-order chi connectivity index (χ0) is 10.2. The first-order valence-electron chi connectivity index (χ1n) is 5.23. The Morgan fingerprint density at radius 2 is 2.07 bits per heavy atom. The molecular weight excluding hydrogens is 182 g/mol. The van der Waals surface area contributed by atoms with E-state index in [2.05, 4.69) is 5.32 Å². The lowest BCUT2D eigenvalue weighted by Crippen LogP contribution is -2.37. The third kappa shape index (κ3) is 4.37. The van der Waals surface area contributed by atoms with Gasteiger partial charge >= 0.3 is 0 Å². The highest BCUT2D eigenvalue weighted by Crippen LogP contribution is 2.08. The van der Waals surface area contributed by atoms with Crippen molar-refractivity contribution >= 4 is 0 Å². The van der Waals surface area contributed by atoms with Gasteiger partial charge in [0.1, 0.15) is 0 Å². The standard InChI is InChI=1S/C10H21NO3/c1-12-10(13-2)8-11-9-4-3-6-14-7-5-9/h9-11H,3-8H2,1-2H3. The van der Waals surface area contributed by atoms with Crippen molar-refractivity contribution in [3.05, 3.63) is 0 Å². The van der Waals surface area contributed by atoms with Crippen LogP contribution >= 0.6 is 0 Å². The maximum atomic E-state index is 5.38. The van der Waals surface area contributed by atoms with Gasteiger partial charge in [-0.05, 0) is 19.3 Å². The van der Waals surface area contributed by atoms with E-state index >= 15 is 0 Å². The number of rotatable bonds is 5. The summed E-state index contributed by atoms with van der Waals surface area (Å²) in [5.74, 6) is 0. The first kappa shape index (κ1) is 11.9. The van der Waals surface area contributed by atoms with E-state index in [1.165, 1.54) is 6.42 Å². The van der Waals surface area contributed by atoms with Crippen LogP contribution in [0, 0.1) is 0 Å². The lowest BCUT2D eigenvalue weighted by Gasteiger charge is -2.19. The van der Waals surface area contributed by atoms with Crippen molar-refractivity contribution in [2.45, 2.75) is 31.6 Å². The van der Waals surface area contributed by atoms with Crippen molar-refractivity contribution in [3.8, 4) is 0 Å². The second-order valence-corrected chi connectivity index (χ2v) is 3.55. The van der Waals surface area contributed by atoms with Gasteiger partial charge in [0.2, 0.25) is 0 Å². The Kier molecular flexibility index (Phi) is 6.10. The maximum absolute atomic E-state index is 5.38. The number of ether oxygens (including phenoxy) is 3. The Bertz CT molecular complexity index is 131. The molecule has 0 amide bonds. The molecule has 4 nitrogen and oxygen atoms in total. The van der Waals surface area contributed by atoms with E-state index in [1.54, 1.807) is 14.2 Å². The fourth-order valence-corrected chi connectivity index (χ4v) is 1.63. The molecule has 0 radical (unpaired) electrons. The van der Waals surface area contributed by atoms with Gasteiger partial charge in [0.25, 0.3) is 0 Å². The Labute approximate surface area is 85.9 Å². The van der Waals surface area contributed by atoms with Gasteiger partial charge in [0, 0.05) is 40.0 Å². The summed E-state index contributed by atoms with van der Waals surface area (Å²) in [6.07, 6.45) is 3.27. The van der Waals surface area contributed by atoms with Gasteiger partial charge in [-0.2, -0.15) is 0 Å². The first-order chi connectivity index (χ1) is 6.86. The quantitative estimate of drug-likeness (QED) is 0.670. The molecule has 1 unspecified atom stereocenters. The molecule has 1 heterocycles. The summed E-state index contributed by atoms with van der Waals surface area (Å²) >= 11 is 0. The summed E-state index contributed by atoms with van der Waals surface area (Å²) in [7, 11) is 3.32. The summed E-state index contributed by atoms with van der Waals surface area (Å²) < 4.78 is 15.6. The van der Waals surface area contributed by atoms with Crippen molar-refractivity contribution in [3.63, 3.8) is 0 Å². The summed E-state index contributed by atoms with van der Waals surface area (Å²) in [6.45, 7) is 2.51. The van der Waals surface area contributed by atoms with E-state index in [0.29, 0.717) is 6.04 Å². The third-order valence-corrected chi connectivity index (χ3v) is 2.55. The number of hydrogen-bond donors (Lipinski definition) is 1. The number of nitrogens with one attached hydrogen (secondary N) is 1. The minimum atomic E-state index is -0.140. The highest BCUT2D eigenvalue weighted by Gasteiger charge is 2.13. The Balaban J connectivity index is 2.14. The molecule has 0 aliphatic carbocycles. The van der Waals surface area contributed by atoms with Crippen LogP contribution in [-0.4, -0.2) is 46.3 Å². The monoisotopic (exact) mass is 203 g/mol. The van der Waals surface area contributed by atoms with Gasteiger partial charge in [-0.1, -0.05) is 0 Å². The highest BCUT2D eigenvalue weighted by molar-refractivity contribution is 4.69. The van der Waals surface area contributed by atoms with Crippen LogP contribution < -0.4 is 5.32 Å². The normalized spacial score (nSPS) is 23.8. The lowest BCUT2D eigenvalue weighted by atomic mass is 10.1. The van der Waals surface area contributed by atoms with E-state index in [-0.39, 0.29) is 6.29 Å². The van der Waals surface area contributed by atoms with Gasteiger partial charge in [0.05, 0.1) is 0 Å². The number of methoxy groups -OCH3 is 2. The number of hydrogen-bond acceptors (Lipinski definition) is 4. The van der Waals surface area contributed by atoms with Gasteiger partial charge in [0.15, 0.2) is 6.29 Å². The van der Waals surface area contributed by atoms with Crippen LogP contribution in [0.25, 0.3) is 0 Å². The van der Waals surface area contributed by atoms with Crippen LogP contribution in [0.4, 0.5) is 0 Å². The zero-order valence-electron chi connectivity index (χ0n) is 9.12. The molecule has 1 saturated heterocycles. The molecule has 1 aliphatic heterocycles. The summed E-state index contributed by atoms with van der Waals surface area (Å²) in [4.78, 5) is 0. The van der Waals surface area contributed by atoms with Gasteiger partial charge < -0.3 is 19.5 Å². The highest BCUT2D eigenvalue weighted by atomic mass is 16.7. The zero-order valence-corrected chi connectivity index (χ0v) is 9.12. The summed E-state index contributed by atoms with van der Waals surface area (Å²) in [5, 5.41) is 3.43. The van der Waals surface area contributed by atoms with Crippen LogP contribution in [0.1, 0.15) is 19.3 Å². The molecule has 0 aromatic carbocycles. The van der Waals surface area contributed by atoms with E-state index < -0.39 is 0 Å². The van der Waals surface area contributed by atoms with Gasteiger partial charge in [-0.3, -0.25) is 0 Å². The topological polar surface area (TPSA) is 39.7 Å². The molecule has 14 heavy (non-hydrogen) atoms. The average molecular weight is 203 g/mol. The molecule has 0 spiro atoms. The van der Waals surface area contributed by atoms with Crippen molar-refractivity contribution < 1.29 is 14.2 Å². The fraction of sp³-hybridized carbons (Fsp3) is 1.00. The predicted octanol–water partition coefficient (Wildman–Crippen LogP) is 0.764. The van der Waals surface area contributed by atoms with Gasteiger partial charge in [-0.25, -0.2) is 0 Å². The molecule has 0 saturated carbocycles. The van der Waals surface area contributed by atoms with Crippen LogP contribution in [0.3, 0.4) is 0 Å². The fourth-order valence-electron chi connectivity index (χ4n) is 1.63. The SMILES string of the molecule is COC(CNC1CCCOCC1)OC. The van der Waals surface area contributed by atoms with Crippen LogP contribution in [0.15, 0.2) is 0 Å². The molecule has 1 atom stereocenters.